The van der Waals surface area contributed by atoms with Crippen LogP contribution in [0.25, 0.3) is 10.8 Å². The lowest BCUT2D eigenvalue weighted by Crippen LogP contribution is -2.19. The SMILES string of the molecule is O=C(Nc1ccc(Oc2ccccc2)cc1)Nc1cccc2ccc(O)cc12. The van der Waals surface area contributed by atoms with E-state index in [0.29, 0.717) is 17.1 Å². The molecular weight excluding hydrogens is 352 g/mol. The number of phenols is 1. The molecule has 0 atom stereocenters. The number of nitrogens with one attached hydrogen (secondary N) is 2. The largest absolute Gasteiger partial charge is 0.508 e. The van der Waals surface area contributed by atoms with E-state index in [1.165, 1.54) is 0 Å². The molecule has 0 aliphatic heterocycles. The molecule has 138 valence electrons. The standard InChI is InChI=1S/C23H18N2O3/c26-18-12-9-16-5-4-8-22(21(16)15-18)25-23(27)24-17-10-13-20(14-11-17)28-19-6-2-1-3-7-19/h1-15,26H,(H2,24,25,27). The number of hydrogen-bond donors (Lipinski definition) is 3. The van der Waals surface area contributed by atoms with Gasteiger partial charge in [0.1, 0.15) is 17.2 Å². The summed E-state index contributed by atoms with van der Waals surface area (Å²) >= 11 is 0. The fourth-order valence-electron chi connectivity index (χ4n) is 2.89. The molecule has 0 saturated heterocycles. The quantitative estimate of drug-likeness (QED) is 0.414. The van der Waals surface area contributed by atoms with Crippen LogP contribution in [0.5, 0.6) is 17.2 Å². The molecule has 5 heteroatoms. The van der Waals surface area contributed by atoms with Gasteiger partial charge in [0.15, 0.2) is 0 Å². The molecule has 0 unspecified atom stereocenters. The molecule has 0 spiro atoms. The first-order chi connectivity index (χ1) is 13.7. The average molecular weight is 370 g/mol. The second kappa shape index (κ2) is 7.72. The molecule has 0 radical (unpaired) electrons. The van der Waals surface area contributed by atoms with E-state index in [9.17, 15) is 9.90 Å². The van der Waals surface area contributed by atoms with Crippen LogP contribution in [0.4, 0.5) is 16.2 Å². The molecule has 2 amide bonds. The fourth-order valence-corrected chi connectivity index (χ4v) is 2.89. The van der Waals surface area contributed by atoms with Gasteiger partial charge in [0, 0.05) is 11.1 Å². The zero-order valence-corrected chi connectivity index (χ0v) is 14.9. The van der Waals surface area contributed by atoms with Crippen molar-refractivity contribution in [3.8, 4) is 17.2 Å². The number of hydrogen-bond acceptors (Lipinski definition) is 3. The van der Waals surface area contributed by atoms with Crippen LogP contribution in [-0.2, 0) is 0 Å². The Morgan fingerprint density at radius 3 is 2.29 bits per heavy atom. The van der Waals surface area contributed by atoms with E-state index >= 15 is 0 Å². The predicted molar refractivity (Wildman–Crippen MR) is 111 cm³/mol. The molecule has 0 saturated carbocycles. The number of ether oxygens (including phenoxy) is 1. The minimum atomic E-state index is -0.368. The molecule has 4 rings (SSSR count). The van der Waals surface area contributed by atoms with Gasteiger partial charge in [-0.3, -0.25) is 0 Å². The van der Waals surface area contributed by atoms with E-state index in [1.54, 1.807) is 48.5 Å². The molecule has 0 heterocycles. The first-order valence-corrected chi connectivity index (χ1v) is 8.80. The van der Waals surface area contributed by atoms with Gasteiger partial charge >= 0.3 is 6.03 Å². The molecule has 0 aliphatic rings. The highest BCUT2D eigenvalue weighted by molar-refractivity contribution is 6.06. The van der Waals surface area contributed by atoms with Crippen molar-refractivity contribution < 1.29 is 14.6 Å². The summed E-state index contributed by atoms with van der Waals surface area (Å²) < 4.78 is 5.74. The number of amides is 2. The third-order valence-corrected chi connectivity index (χ3v) is 4.21. The number of carbonyl (C=O) groups is 1. The Hall–Kier alpha value is -3.99. The monoisotopic (exact) mass is 370 g/mol. The Kier molecular flexibility index (Phi) is 4.80. The Balaban J connectivity index is 1.43. The maximum absolute atomic E-state index is 12.4. The Morgan fingerprint density at radius 1 is 0.750 bits per heavy atom. The highest BCUT2D eigenvalue weighted by atomic mass is 16.5. The molecule has 3 N–H and O–H groups in total. The number of para-hydroxylation sites is 1. The molecule has 0 fully saturated rings. The smallest absolute Gasteiger partial charge is 0.323 e. The fraction of sp³-hybridized carbons (Fsp3) is 0. The second-order valence-corrected chi connectivity index (χ2v) is 6.23. The van der Waals surface area contributed by atoms with Crippen molar-refractivity contribution >= 4 is 28.2 Å². The van der Waals surface area contributed by atoms with E-state index in [2.05, 4.69) is 10.6 Å². The van der Waals surface area contributed by atoms with E-state index in [4.69, 9.17) is 4.74 Å². The van der Waals surface area contributed by atoms with Crippen molar-refractivity contribution in [3.63, 3.8) is 0 Å². The number of rotatable bonds is 4. The van der Waals surface area contributed by atoms with Gasteiger partial charge in [-0.1, -0.05) is 36.4 Å². The van der Waals surface area contributed by atoms with Crippen LogP contribution in [-0.4, -0.2) is 11.1 Å². The van der Waals surface area contributed by atoms with Gasteiger partial charge in [-0.2, -0.15) is 0 Å². The van der Waals surface area contributed by atoms with Gasteiger partial charge in [0.05, 0.1) is 5.69 Å². The molecule has 0 bridgehead atoms. The molecule has 5 nitrogen and oxygen atoms in total. The van der Waals surface area contributed by atoms with Gasteiger partial charge in [0.2, 0.25) is 0 Å². The molecule has 0 aromatic heterocycles. The highest BCUT2D eigenvalue weighted by Gasteiger charge is 2.07. The summed E-state index contributed by atoms with van der Waals surface area (Å²) in [6.45, 7) is 0. The summed E-state index contributed by atoms with van der Waals surface area (Å²) in [6.07, 6.45) is 0. The van der Waals surface area contributed by atoms with Gasteiger partial charge < -0.3 is 20.5 Å². The molecule has 0 aliphatic carbocycles. The number of carbonyl (C=O) groups excluding carboxylic acids is 1. The predicted octanol–water partition coefficient (Wildman–Crippen LogP) is 5.98. The number of urea groups is 1. The average Bonchev–Trinajstić information content (AvgIpc) is 2.71. The van der Waals surface area contributed by atoms with Gasteiger partial charge in [-0.25, -0.2) is 4.79 Å². The van der Waals surface area contributed by atoms with E-state index in [1.807, 2.05) is 42.5 Å². The van der Waals surface area contributed by atoms with E-state index in [-0.39, 0.29) is 11.8 Å². The zero-order chi connectivity index (χ0) is 19.3. The number of aromatic hydroxyl groups is 1. The van der Waals surface area contributed by atoms with Crippen LogP contribution < -0.4 is 15.4 Å². The van der Waals surface area contributed by atoms with Crippen molar-refractivity contribution in [2.75, 3.05) is 10.6 Å². The van der Waals surface area contributed by atoms with Crippen LogP contribution in [0, 0.1) is 0 Å². The normalized spacial score (nSPS) is 10.4. The topological polar surface area (TPSA) is 70.6 Å². The van der Waals surface area contributed by atoms with Crippen molar-refractivity contribution in [3.05, 3.63) is 91.0 Å². The number of anilines is 2. The molecule has 28 heavy (non-hydrogen) atoms. The summed E-state index contributed by atoms with van der Waals surface area (Å²) in [5, 5.41) is 17.0. The van der Waals surface area contributed by atoms with Crippen molar-refractivity contribution in [1.29, 1.82) is 0 Å². The second-order valence-electron chi connectivity index (χ2n) is 6.23. The highest BCUT2D eigenvalue weighted by Crippen LogP contribution is 2.27. The van der Waals surface area contributed by atoms with Crippen LogP contribution in [0.3, 0.4) is 0 Å². The van der Waals surface area contributed by atoms with Crippen molar-refractivity contribution in [2.24, 2.45) is 0 Å². The van der Waals surface area contributed by atoms with E-state index < -0.39 is 0 Å². The van der Waals surface area contributed by atoms with Gasteiger partial charge in [-0.05, 0) is 60.0 Å². The van der Waals surface area contributed by atoms with Crippen LogP contribution in [0.15, 0.2) is 91.0 Å². The van der Waals surface area contributed by atoms with Crippen LogP contribution >= 0.6 is 0 Å². The number of benzene rings is 4. The summed E-state index contributed by atoms with van der Waals surface area (Å²) in [5.74, 6) is 1.58. The Labute approximate surface area is 162 Å². The zero-order valence-electron chi connectivity index (χ0n) is 14.9. The van der Waals surface area contributed by atoms with Crippen molar-refractivity contribution in [1.82, 2.24) is 0 Å². The summed E-state index contributed by atoms with van der Waals surface area (Å²) in [5.41, 5.74) is 1.26. The first-order valence-electron chi connectivity index (χ1n) is 8.80. The number of fused-ring (bicyclic) bond motifs is 1. The van der Waals surface area contributed by atoms with Gasteiger partial charge in [0.25, 0.3) is 0 Å². The lowest BCUT2D eigenvalue weighted by molar-refractivity contribution is 0.262. The Bertz CT molecular complexity index is 1110. The maximum Gasteiger partial charge on any atom is 0.323 e. The summed E-state index contributed by atoms with van der Waals surface area (Å²) in [6, 6.07) is 26.9. The van der Waals surface area contributed by atoms with Crippen LogP contribution in [0.1, 0.15) is 0 Å². The molecule has 4 aromatic rings. The Morgan fingerprint density at radius 2 is 1.50 bits per heavy atom. The summed E-state index contributed by atoms with van der Waals surface area (Å²) in [4.78, 5) is 12.4. The van der Waals surface area contributed by atoms with E-state index in [0.717, 1.165) is 16.5 Å². The lowest BCUT2D eigenvalue weighted by Gasteiger charge is -2.11. The minimum Gasteiger partial charge on any atom is -0.508 e. The molecular formula is C23H18N2O3. The molecule has 4 aromatic carbocycles. The maximum atomic E-state index is 12.4. The number of phenolic OH excluding ortho intramolecular Hbond substituents is 1. The van der Waals surface area contributed by atoms with Gasteiger partial charge in [-0.15, -0.1) is 0 Å². The summed E-state index contributed by atoms with van der Waals surface area (Å²) in [7, 11) is 0. The first kappa shape index (κ1) is 17.4. The van der Waals surface area contributed by atoms with Crippen molar-refractivity contribution in [2.45, 2.75) is 0 Å². The third-order valence-electron chi connectivity index (χ3n) is 4.21. The van der Waals surface area contributed by atoms with Crippen LogP contribution in [0.2, 0.25) is 0 Å². The third kappa shape index (κ3) is 4.04. The minimum absolute atomic E-state index is 0.149. The lowest BCUT2D eigenvalue weighted by atomic mass is 10.1.